The summed E-state index contributed by atoms with van der Waals surface area (Å²) in [5.41, 5.74) is 6.46. The summed E-state index contributed by atoms with van der Waals surface area (Å²) < 4.78 is 4.55. The zero-order chi connectivity index (χ0) is 15.1. The Morgan fingerprint density at radius 3 is 2.38 bits per heavy atom. The number of amides is 1. The molecule has 4 nitrogen and oxygen atoms in total. The van der Waals surface area contributed by atoms with Crippen LogP contribution in [-0.4, -0.2) is 18.9 Å². The standard InChI is InChI=1S/C17H18N2O2/c1-13-8-10-15(11-9-13)16(18-19-17(20)21-2)12-14-6-4-3-5-7-14/h3-11H,12H2,1-2H3,(H,19,20)/b18-16-. The molecule has 21 heavy (non-hydrogen) atoms. The van der Waals surface area contributed by atoms with E-state index in [0.29, 0.717) is 6.42 Å². The van der Waals surface area contributed by atoms with Gasteiger partial charge in [0, 0.05) is 6.42 Å². The van der Waals surface area contributed by atoms with E-state index in [2.05, 4.69) is 15.3 Å². The molecule has 0 spiro atoms. The van der Waals surface area contributed by atoms with E-state index >= 15 is 0 Å². The van der Waals surface area contributed by atoms with Crippen LogP contribution in [0, 0.1) is 6.92 Å². The van der Waals surface area contributed by atoms with Crippen LogP contribution in [0.15, 0.2) is 59.7 Å². The topological polar surface area (TPSA) is 50.7 Å². The van der Waals surface area contributed by atoms with E-state index in [1.165, 1.54) is 12.7 Å². The predicted molar refractivity (Wildman–Crippen MR) is 83.4 cm³/mol. The van der Waals surface area contributed by atoms with Crippen molar-refractivity contribution in [3.63, 3.8) is 0 Å². The summed E-state index contributed by atoms with van der Waals surface area (Å²) in [7, 11) is 1.31. The first-order valence-electron chi connectivity index (χ1n) is 6.70. The third-order valence-electron chi connectivity index (χ3n) is 3.07. The number of rotatable bonds is 4. The number of carbonyl (C=O) groups is 1. The Morgan fingerprint density at radius 1 is 1.10 bits per heavy atom. The first-order valence-corrected chi connectivity index (χ1v) is 6.70. The molecule has 2 rings (SSSR count). The maximum absolute atomic E-state index is 11.2. The van der Waals surface area contributed by atoms with E-state index in [9.17, 15) is 4.79 Å². The minimum absolute atomic E-state index is 0.576. The fraction of sp³-hybridized carbons (Fsp3) is 0.176. The summed E-state index contributed by atoms with van der Waals surface area (Å²) in [6.07, 6.45) is 0.0566. The molecule has 2 aromatic rings. The summed E-state index contributed by atoms with van der Waals surface area (Å²) in [4.78, 5) is 11.2. The third kappa shape index (κ3) is 4.45. The van der Waals surface area contributed by atoms with Crippen LogP contribution in [-0.2, 0) is 11.2 Å². The average Bonchev–Trinajstić information content (AvgIpc) is 2.53. The molecule has 0 atom stereocenters. The van der Waals surface area contributed by atoms with E-state index in [1.807, 2.05) is 61.5 Å². The maximum atomic E-state index is 11.2. The quantitative estimate of drug-likeness (QED) is 0.691. The zero-order valence-corrected chi connectivity index (χ0v) is 12.2. The number of hydrazone groups is 1. The zero-order valence-electron chi connectivity index (χ0n) is 12.2. The van der Waals surface area contributed by atoms with Gasteiger partial charge in [-0.3, -0.25) is 0 Å². The summed E-state index contributed by atoms with van der Waals surface area (Å²) in [5, 5.41) is 4.18. The monoisotopic (exact) mass is 282 g/mol. The highest BCUT2D eigenvalue weighted by Gasteiger charge is 2.06. The molecule has 0 aliphatic carbocycles. The molecule has 0 saturated carbocycles. The molecule has 0 aromatic heterocycles. The largest absolute Gasteiger partial charge is 0.452 e. The number of carbonyl (C=O) groups excluding carboxylic acids is 1. The van der Waals surface area contributed by atoms with Gasteiger partial charge in [-0.05, 0) is 18.1 Å². The van der Waals surface area contributed by atoms with Gasteiger partial charge in [-0.2, -0.15) is 5.10 Å². The molecule has 0 unspecified atom stereocenters. The number of methoxy groups -OCH3 is 1. The number of nitrogens with zero attached hydrogens (tertiary/aromatic N) is 1. The molecular weight excluding hydrogens is 264 g/mol. The van der Waals surface area contributed by atoms with Crippen molar-refractivity contribution in [1.82, 2.24) is 5.43 Å². The number of nitrogens with one attached hydrogen (secondary N) is 1. The summed E-state index contributed by atoms with van der Waals surface area (Å²) in [6.45, 7) is 2.03. The van der Waals surface area contributed by atoms with Crippen molar-refractivity contribution in [1.29, 1.82) is 0 Å². The van der Waals surface area contributed by atoms with E-state index in [-0.39, 0.29) is 0 Å². The molecular formula is C17H18N2O2. The number of hydrogen-bond donors (Lipinski definition) is 1. The minimum atomic E-state index is -0.576. The van der Waals surface area contributed by atoms with E-state index in [0.717, 1.165) is 16.8 Å². The Hall–Kier alpha value is -2.62. The highest BCUT2D eigenvalue weighted by atomic mass is 16.5. The van der Waals surface area contributed by atoms with E-state index in [4.69, 9.17) is 0 Å². The van der Waals surface area contributed by atoms with Gasteiger partial charge in [0.1, 0.15) is 0 Å². The molecule has 108 valence electrons. The van der Waals surface area contributed by atoms with Crippen molar-refractivity contribution in [2.24, 2.45) is 5.10 Å². The van der Waals surface area contributed by atoms with Crippen molar-refractivity contribution in [2.75, 3.05) is 7.11 Å². The molecule has 0 aliphatic rings. The minimum Gasteiger partial charge on any atom is -0.452 e. The lowest BCUT2D eigenvalue weighted by Crippen LogP contribution is -2.20. The fourth-order valence-electron chi connectivity index (χ4n) is 1.90. The van der Waals surface area contributed by atoms with E-state index in [1.54, 1.807) is 0 Å². The van der Waals surface area contributed by atoms with Crippen LogP contribution >= 0.6 is 0 Å². The first-order chi connectivity index (χ1) is 10.2. The van der Waals surface area contributed by atoms with Gasteiger partial charge < -0.3 is 4.74 Å². The Morgan fingerprint density at radius 2 is 1.76 bits per heavy atom. The number of aryl methyl sites for hydroxylation is 1. The molecule has 0 bridgehead atoms. The summed E-state index contributed by atoms with van der Waals surface area (Å²) in [5.74, 6) is 0. The van der Waals surface area contributed by atoms with Crippen molar-refractivity contribution in [3.05, 3.63) is 71.3 Å². The summed E-state index contributed by atoms with van der Waals surface area (Å²) in [6, 6.07) is 18.0. The van der Waals surface area contributed by atoms with Crippen LogP contribution in [0.1, 0.15) is 16.7 Å². The lowest BCUT2D eigenvalue weighted by atomic mass is 10.0. The maximum Gasteiger partial charge on any atom is 0.427 e. The van der Waals surface area contributed by atoms with Crippen LogP contribution in [0.3, 0.4) is 0 Å². The second kappa shape index (κ2) is 7.24. The number of benzene rings is 2. The van der Waals surface area contributed by atoms with Crippen molar-refractivity contribution >= 4 is 11.8 Å². The van der Waals surface area contributed by atoms with Gasteiger partial charge in [-0.15, -0.1) is 0 Å². The third-order valence-corrected chi connectivity index (χ3v) is 3.07. The molecule has 1 amide bonds. The van der Waals surface area contributed by atoms with Gasteiger partial charge in [0.05, 0.1) is 12.8 Å². The van der Waals surface area contributed by atoms with Crippen molar-refractivity contribution in [2.45, 2.75) is 13.3 Å². The van der Waals surface area contributed by atoms with Crippen LogP contribution in [0.5, 0.6) is 0 Å². The van der Waals surface area contributed by atoms with Gasteiger partial charge >= 0.3 is 6.09 Å². The van der Waals surface area contributed by atoms with Gasteiger partial charge in [0.15, 0.2) is 0 Å². The van der Waals surface area contributed by atoms with Crippen LogP contribution in [0.4, 0.5) is 4.79 Å². The molecule has 4 heteroatoms. The second-order valence-corrected chi connectivity index (χ2v) is 4.69. The molecule has 0 aliphatic heterocycles. The lowest BCUT2D eigenvalue weighted by Gasteiger charge is -2.08. The van der Waals surface area contributed by atoms with Gasteiger partial charge in [-0.1, -0.05) is 60.2 Å². The van der Waals surface area contributed by atoms with Gasteiger partial charge in [0.2, 0.25) is 0 Å². The van der Waals surface area contributed by atoms with Crippen LogP contribution < -0.4 is 5.43 Å². The normalized spacial score (nSPS) is 11.0. The highest BCUT2D eigenvalue weighted by molar-refractivity contribution is 6.02. The fourth-order valence-corrected chi connectivity index (χ4v) is 1.90. The highest BCUT2D eigenvalue weighted by Crippen LogP contribution is 2.10. The average molecular weight is 282 g/mol. The Labute approximate surface area is 124 Å². The molecule has 1 N–H and O–H groups in total. The van der Waals surface area contributed by atoms with Crippen LogP contribution in [0.2, 0.25) is 0 Å². The number of ether oxygens (including phenoxy) is 1. The van der Waals surface area contributed by atoms with E-state index < -0.39 is 6.09 Å². The molecule has 0 radical (unpaired) electrons. The Kier molecular flexibility index (Phi) is 5.10. The molecule has 2 aromatic carbocycles. The lowest BCUT2D eigenvalue weighted by molar-refractivity contribution is 0.171. The summed E-state index contributed by atoms with van der Waals surface area (Å²) >= 11 is 0. The smallest absolute Gasteiger partial charge is 0.427 e. The Bertz CT molecular complexity index is 619. The molecule has 0 heterocycles. The van der Waals surface area contributed by atoms with Gasteiger partial charge in [0.25, 0.3) is 0 Å². The second-order valence-electron chi connectivity index (χ2n) is 4.69. The first kappa shape index (κ1) is 14.8. The predicted octanol–water partition coefficient (Wildman–Crippen LogP) is 3.30. The Balaban J connectivity index is 2.25. The van der Waals surface area contributed by atoms with Crippen molar-refractivity contribution in [3.8, 4) is 0 Å². The van der Waals surface area contributed by atoms with Crippen molar-refractivity contribution < 1.29 is 9.53 Å². The van der Waals surface area contributed by atoms with Crippen LogP contribution in [0.25, 0.3) is 0 Å². The SMILES string of the molecule is COC(=O)N/N=C(/Cc1ccccc1)c1ccc(C)cc1. The van der Waals surface area contributed by atoms with Gasteiger partial charge in [-0.25, -0.2) is 10.2 Å². The molecule has 0 fully saturated rings. The number of hydrogen-bond acceptors (Lipinski definition) is 3. The molecule has 0 saturated heterocycles.